The van der Waals surface area contributed by atoms with Crippen LogP contribution in [0.2, 0.25) is 0 Å². The van der Waals surface area contributed by atoms with Crippen molar-refractivity contribution in [3.8, 4) is 0 Å². The Morgan fingerprint density at radius 3 is 2.83 bits per heavy atom. The summed E-state index contributed by atoms with van der Waals surface area (Å²) in [4.78, 5) is 0.0363. The first-order valence-corrected chi connectivity index (χ1v) is 7.64. The van der Waals surface area contributed by atoms with Crippen molar-refractivity contribution in [3.05, 3.63) is 29.3 Å². The fourth-order valence-electron chi connectivity index (χ4n) is 2.97. The Morgan fingerprint density at radius 2 is 2.11 bits per heavy atom. The maximum absolute atomic E-state index is 11.4. The molecule has 2 aliphatic rings. The van der Waals surface area contributed by atoms with E-state index in [-0.39, 0.29) is 16.9 Å². The topological polar surface area (TPSA) is 66.9 Å². The average Bonchev–Trinajstić information content (AvgIpc) is 3.05. The Balaban J connectivity index is 2.07. The first kappa shape index (κ1) is 12.1. The lowest BCUT2D eigenvalue weighted by Crippen LogP contribution is -2.17. The normalized spacial score (nSPS) is 30.9. The van der Waals surface area contributed by atoms with E-state index in [4.69, 9.17) is 4.74 Å². The van der Waals surface area contributed by atoms with Crippen LogP contribution in [-0.4, -0.2) is 25.2 Å². The standard InChI is InChI=1S/C13H16O4S/c1-8-5-6-12(18(14,15)16)10(7-8)9-3-2-4-11-13(9)17-11/h5-7,9,11,13H,2-4H2,1H3,(H,14,15,16). The van der Waals surface area contributed by atoms with Gasteiger partial charge in [0, 0.05) is 5.92 Å². The molecule has 0 spiro atoms. The van der Waals surface area contributed by atoms with Gasteiger partial charge in [-0.1, -0.05) is 24.1 Å². The second-order valence-corrected chi connectivity index (χ2v) is 6.58. The van der Waals surface area contributed by atoms with Gasteiger partial charge in [-0.2, -0.15) is 8.42 Å². The molecule has 3 atom stereocenters. The predicted molar refractivity (Wildman–Crippen MR) is 66.2 cm³/mol. The van der Waals surface area contributed by atoms with E-state index in [2.05, 4.69) is 0 Å². The molecule has 0 aromatic heterocycles. The van der Waals surface area contributed by atoms with Gasteiger partial charge in [-0.15, -0.1) is 0 Å². The third kappa shape index (κ3) is 2.06. The van der Waals surface area contributed by atoms with Crippen molar-refractivity contribution in [2.45, 2.75) is 49.2 Å². The van der Waals surface area contributed by atoms with Gasteiger partial charge >= 0.3 is 0 Å². The highest BCUT2D eigenvalue weighted by Crippen LogP contribution is 2.47. The van der Waals surface area contributed by atoms with E-state index in [9.17, 15) is 13.0 Å². The molecule has 2 fully saturated rings. The molecule has 18 heavy (non-hydrogen) atoms. The summed E-state index contributed by atoms with van der Waals surface area (Å²) in [7, 11) is -4.16. The van der Waals surface area contributed by atoms with E-state index in [1.807, 2.05) is 13.0 Å². The van der Waals surface area contributed by atoms with Crippen LogP contribution in [0.1, 0.15) is 36.3 Å². The number of rotatable bonds is 2. The van der Waals surface area contributed by atoms with Crippen LogP contribution in [0.4, 0.5) is 0 Å². The van der Waals surface area contributed by atoms with Crippen molar-refractivity contribution in [3.63, 3.8) is 0 Å². The van der Waals surface area contributed by atoms with E-state index in [0.29, 0.717) is 11.7 Å². The van der Waals surface area contributed by atoms with Gasteiger partial charge in [-0.05, 0) is 31.4 Å². The smallest absolute Gasteiger partial charge is 0.294 e. The Morgan fingerprint density at radius 1 is 1.33 bits per heavy atom. The van der Waals surface area contributed by atoms with Gasteiger partial charge in [0.25, 0.3) is 10.1 Å². The van der Waals surface area contributed by atoms with Crippen LogP contribution in [0.25, 0.3) is 0 Å². The average molecular weight is 268 g/mol. The van der Waals surface area contributed by atoms with Crippen LogP contribution < -0.4 is 0 Å². The molecule has 1 aliphatic carbocycles. The zero-order valence-electron chi connectivity index (χ0n) is 10.2. The number of hydrogen-bond acceptors (Lipinski definition) is 3. The summed E-state index contributed by atoms with van der Waals surface area (Å²) in [5.41, 5.74) is 1.71. The summed E-state index contributed by atoms with van der Waals surface area (Å²) >= 11 is 0. The molecular formula is C13H16O4S. The zero-order valence-corrected chi connectivity index (χ0v) is 11.0. The van der Waals surface area contributed by atoms with Gasteiger partial charge < -0.3 is 4.74 Å². The van der Waals surface area contributed by atoms with Crippen LogP contribution in [-0.2, 0) is 14.9 Å². The number of benzene rings is 1. The fourth-order valence-corrected chi connectivity index (χ4v) is 3.72. The largest absolute Gasteiger partial charge is 0.369 e. The predicted octanol–water partition coefficient (Wildman–Crippen LogP) is 2.28. The SMILES string of the molecule is Cc1ccc(S(=O)(=O)O)c(C2CCCC3OC32)c1. The van der Waals surface area contributed by atoms with E-state index < -0.39 is 10.1 Å². The van der Waals surface area contributed by atoms with Crippen molar-refractivity contribution in [1.82, 2.24) is 0 Å². The maximum Gasteiger partial charge on any atom is 0.294 e. The fraction of sp³-hybridized carbons (Fsp3) is 0.538. The summed E-state index contributed by atoms with van der Waals surface area (Å²) in [5.74, 6) is 0.0978. The Labute approximate surface area is 107 Å². The minimum absolute atomic E-state index is 0.0363. The number of aryl methyl sites for hydroxylation is 1. The molecule has 3 rings (SSSR count). The van der Waals surface area contributed by atoms with Gasteiger partial charge in [0.2, 0.25) is 0 Å². The van der Waals surface area contributed by atoms with Gasteiger partial charge in [-0.3, -0.25) is 4.55 Å². The summed E-state index contributed by atoms with van der Waals surface area (Å²) in [6, 6.07) is 5.06. The van der Waals surface area contributed by atoms with Crippen LogP contribution >= 0.6 is 0 Å². The highest BCUT2D eigenvalue weighted by atomic mass is 32.2. The zero-order chi connectivity index (χ0) is 12.9. The molecule has 3 unspecified atom stereocenters. The van der Waals surface area contributed by atoms with Crippen molar-refractivity contribution < 1.29 is 17.7 Å². The first-order valence-electron chi connectivity index (χ1n) is 6.20. The Bertz CT molecular complexity index is 579. The maximum atomic E-state index is 11.4. The molecule has 0 amide bonds. The van der Waals surface area contributed by atoms with E-state index in [1.54, 1.807) is 6.07 Å². The van der Waals surface area contributed by atoms with E-state index in [1.165, 1.54) is 6.07 Å². The van der Waals surface area contributed by atoms with Crippen LogP contribution in [0, 0.1) is 6.92 Å². The first-order chi connectivity index (χ1) is 8.47. The third-order valence-electron chi connectivity index (χ3n) is 3.86. The summed E-state index contributed by atoms with van der Waals surface area (Å²) in [6.07, 6.45) is 3.46. The molecule has 1 aromatic rings. The Hall–Kier alpha value is -0.910. The highest BCUT2D eigenvalue weighted by Gasteiger charge is 2.48. The van der Waals surface area contributed by atoms with Gasteiger partial charge in [0.1, 0.15) is 0 Å². The van der Waals surface area contributed by atoms with Crippen molar-refractivity contribution in [1.29, 1.82) is 0 Å². The monoisotopic (exact) mass is 268 g/mol. The molecule has 1 aromatic carbocycles. The van der Waals surface area contributed by atoms with Crippen molar-refractivity contribution in [2.75, 3.05) is 0 Å². The molecule has 98 valence electrons. The van der Waals surface area contributed by atoms with Crippen molar-refractivity contribution in [2.24, 2.45) is 0 Å². The molecular weight excluding hydrogens is 252 g/mol. The highest BCUT2D eigenvalue weighted by molar-refractivity contribution is 7.85. The lowest BCUT2D eigenvalue weighted by atomic mass is 9.83. The summed E-state index contributed by atoms with van der Waals surface area (Å²) in [5, 5.41) is 0. The number of epoxide rings is 1. The minimum atomic E-state index is -4.16. The molecule has 1 saturated carbocycles. The number of hydrogen-bond donors (Lipinski definition) is 1. The lowest BCUT2D eigenvalue weighted by molar-refractivity contribution is 0.358. The van der Waals surface area contributed by atoms with Crippen LogP contribution in [0.3, 0.4) is 0 Å². The Kier molecular flexibility index (Phi) is 2.73. The third-order valence-corrected chi connectivity index (χ3v) is 4.79. The van der Waals surface area contributed by atoms with Crippen LogP contribution in [0.5, 0.6) is 0 Å². The molecule has 4 nitrogen and oxygen atoms in total. The van der Waals surface area contributed by atoms with E-state index >= 15 is 0 Å². The molecule has 1 saturated heterocycles. The second kappa shape index (κ2) is 4.05. The van der Waals surface area contributed by atoms with Gasteiger partial charge in [0.05, 0.1) is 17.1 Å². The van der Waals surface area contributed by atoms with Gasteiger partial charge in [0.15, 0.2) is 0 Å². The molecule has 0 radical (unpaired) electrons. The van der Waals surface area contributed by atoms with E-state index in [0.717, 1.165) is 24.8 Å². The van der Waals surface area contributed by atoms with Gasteiger partial charge in [-0.25, -0.2) is 0 Å². The lowest BCUT2D eigenvalue weighted by Gasteiger charge is -2.21. The summed E-state index contributed by atoms with van der Waals surface area (Å²) < 4.78 is 37.8. The quantitative estimate of drug-likeness (QED) is 0.660. The van der Waals surface area contributed by atoms with Crippen LogP contribution in [0.15, 0.2) is 23.1 Å². The number of fused-ring (bicyclic) bond motifs is 1. The summed E-state index contributed by atoms with van der Waals surface area (Å²) in [6.45, 7) is 1.92. The molecule has 0 bridgehead atoms. The minimum Gasteiger partial charge on any atom is -0.369 e. The molecule has 1 aliphatic heterocycles. The molecule has 1 heterocycles. The second-order valence-electron chi connectivity index (χ2n) is 5.19. The number of ether oxygens (including phenoxy) is 1. The van der Waals surface area contributed by atoms with Crippen molar-refractivity contribution >= 4 is 10.1 Å². The molecule has 5 heteroatoms. The molecule has 1 N–H and O–H groups in total.